The topological polar surface area (TPSA) is 53.2 Å². The van der Waals surface area contributed by atoms with Crippen LogP contribution in [0.4, 0.5) is 0 Å². The van der Waals surface area contributed by atoms with E-state index in [4.69, 9.17) is 4.74 Å². The van der Waals surface area contributed by atoms with E-state index in [0.29, 0.717) is 18.8 Å². The van der Waals surface area contributed by atoms with Gasteiger partial charge in [0, 0.05) is 16.9 Å². The highest BCUT2D eigenvalue weighted by Gasteiger charge is 2.54. The van der Waals surface area contributed by atoms with E-state index < -0.39 is 11.0 Å². The molecule has 1 aliphatic heterocycles. The zero-order valence-electron chi connectivity index (χ0n) is 12.1. The molecule has 0 amide bonds. The number of nitrogens with zero attached hydrogens (tertiary/aromatic N) is 1. The summed E-state index contributed by atoms with van der Waals surface area (Å²) in [6, 6.07) is 11.9. The van der Waals surface area contributed by atoms with Gasteiger partial charge in [-0.25, -0.2) is 0 Å². The van der Waals surface area contributed by atoms with E-state index in [9.17, 15) is 10.4 Å². The molecule has 0 saturated heterocycles. The Labute approximate surface area is 128 Å². The maximum absolute atomic E-state index is 11.3. The van der Waals surface area contributed by atoms with Gasteiger partial charge in [-0.05, 0) is 36.9 Å². The largest absolute Gasteiger partial charge is 0.493 e. The van der Waals surface area contributed by atoms with Gasteiger partial charge in [0.05, 0.1) is 12.7 Å². The molecule has 3 nitrogen and oxygen atoms in total. The third kappa shape index (κ3) is 1.89. The fraction of sp³-hybridized carbons (Fsp3) is 0.353. The van der Waals surface area contributed by atoms with Crippen LogP contribution >= 0.6 is 11.3 Å². The second kappa shape index (κ2) is 4.87. The molecule has 2 unspecified atom stereocenters. The summed E-state index contributed by atoms with van der Waals surface area (Å²) in [5.74, 6) is 0.694. The number of benzene rings is 1. The Balaban J connectivity index is 2.24. The SMILES string of the molecule is Cc1ccsc1C(C)(O)C1(C#N)CCOc2ccccc21. The van der Waals surface area contributed by atoms with Crippen molar-refractivity contribution < 1.29 is 9.84 Å². The number of ether oxygens (including phenoxy) is 1. The highest BCUT2D eigenvalue weighted by molar-refractivity contribution is 7.10. The van der Waals surface area contributed by atoms with Crippen molar-refractivity contribution in [3.05, 3.63) is 51.7 Å². The molecule has 21 heavy (non-hydrogen) atoms. The summed E-state index contributed by atoms with van der Waals surface area (Å²) in [5, 5.41) is 23.2. The Morgan fingerprint density at radius 3 is 2.81 bits per heavy atom. The number of nitriles is 1. The quantitative estimate of drug-likeness (QED) is 0.923. The zero-order chi connectivity index (χ0) is 15.1. The van der Waals surface area contributed by atoms with Crippen LogP contribution < -0.4 is 4.74 Å². The van der Waals surface area contributed by atoms with Crippen LogP contribution in [-0.4, -0.2) is 11.7 Å². The number of para-hydroxylation sites is 1. The number of aryl methyl sites for hydroxylation is 1. The van der Waals surface area contributed by atoms with Crippen LogP contribution in [0.2, 0.25) is 0 Å². The van der Waals surface area contributed by atoms with Gasteiger partial charge in [0.15, 0.2) is 0 Å². The van der Waals surface area contributed by atoms with Crippen LogP contribution in [0, 0.1) is 18.3 Å². The second-order valence-corrected chi connectivity index (χ2v) is 6.53. The minimum absolute atomic E-state index is 0.436. The van der Waals surface area contributed by atoms with Gasteiger partial charge in [-0.2, -0.15) is 5.26 Å². The summed E-state index contributed by atoms with van der Waals surface area (Å²) >= 11 is 1.50. The molecule has 1 aromatic heterocycles. The van der Waals surface area contributed by atoms with Crippen LogP contribution in [-0.2, 0) is 11.0 Å². The van der Waals surface area contributed by atoms with Crippen LogP contribution in [0.3, 0.4) is 0 Å². The Bertz CT molecular complexity index is 714. The first-order chi connectivity index (χ1) is 10.0. The number of hydrogen-bond donors (Lipinski definition) is 1. The average molecular weight is 299 g/mol. The maximum Gasteiger partial charge on any atom is 0.124 e. The Hall–Kier alpha value is -1.83. The van der Waals surface area contributed by atoms with Crippen LogP contribution in [0.15, 0.2) is 35.7 Å². The highest BCUT2D eigenvalue weighted by Crippen LogP contribution is 2.51. The monoisotopic (exact) mass is 299 g/mol. The van der Waals surface area contributed by atoms with Crippen molar-refractivity contribution in [2.45, 2.75) is 31.3 Å². The number of fused-ring (bicyclic) bond motifs is 1. The van der Waals surface area contributed by atoms with E-state index in [1.165, 1.54) is 11.3 Å². The molecule has 0 radical (unpaired) electrons. The molecule has 0 saturated carbocycles. The van der Waals surface area contributed by atoms with E-state index in [1.54, 1.807) is 6.92 Å². The molecule has 1 aliphatic rings. The van der Waals surface area contributed by atoms with Crippen molar-refractivity contribution in [3.63, 3.8) is 0 Å². The van der Waals surface area contributed by atoms with Gasteiger partial charge in [0.1, 0.15) is 16.8 Å². The van der Waals surface area contributed by atoms with E-state index in [-0.39, 0.29) is 0 Å². The molecular formula is C17H17NO2S. The molecular weight excluding hydrogens is 282 g/mol. The smallest absolute Gasteiger partial charge is 0.124 e. The molecule has 0 spiro atoms. The summed E-state index contributed by atoms with van der Waals surface area (Å²) in [5.41, 5.74) is -0.447. The van der Waals surface area contributed by atoms with Crippen molar-refractivity contribution >= 4 is 11.3 Å². The molecule has 4 heteroatoms. The van der Waals surface area contributed by atoms with Crippen LogP contribution in [0.25, 0.3) is 0 Å². The van der Waals surface area contributed by atoms with Gasteiger partial charge in [-0.1, -0.05) is 18.2 Å². The van der Waals surface area contributed by atoms with Gasteiger partial charge in [0.25, 0.3) is 0 Å². The Morgan fingerprint density at radius 2 is 2.14 bits per heavy atom. The van der Waals surface area contributed by atoms with E-state index in [0.717, 1.165) is 16.0 Å². The van der Waals surface area contributed by atoms with Gasteiger partial charge in [-0.3, -0.25) is 0 Å². The van der Waals surface area contributed by atoms with E-state index in [2.05, 4.69) is 6.07 Å². The number of aliphatic hydroxyl groups is 1. The van der Waals surface area contributed by atoms with Crippen LogP contribution in [0.1, 0.15) is 29.3 Å². The second-order valence-electron chi connectivity index (χ2n) is 5.62. The molecule has 1 N–H and O–H groups in total. The average Bonchev–Trinajstić information content (AvgIpc) is 2.93. The molecule has 3 rings (SSSR count). The predicted octanol–water partition coefficient (Wildman–Crippen LogP) is 3.51. The van der Waals surface area contributed by atoms with E-state index in [1.807, 2.05) is 42.6 Å². The lowest BCUT2D eigenvalue weighted by atomic mass is 9.65. The third-order valence-electron chi connectivity index (χ3n) is 4.41. The first-order valence-corrected chi connectivity index (χ1v) is 7.81. The third-order valence-corrected chi connectivity index (χ3v) is 5.63. The van der Waals surface area contributed by atoms with Crippen molar-refractivity contribution in [1.82, 2.24) is 0 Å². The maximum atomic E-state index is 11.3. The summed E-state index contributed by atoms with van der Waals surface area (Å²) in [4.78, 5) is 0.848. The Morgan fingerprint density at radius 1 is 1.38 bits per heavy atom. The first kappa shape index (κ1) is 14.1. The molecule has 1 aromatic carbocycles. The van der Waals surface area contributed by atoms with Gasteiger partial charge < -0.3 is 9.84 Å². The molecule has 2 atom stereocenters. The normalized spacial score (nSPS) is 23.5. The standard InChI is InChI=1S/C17H17NO2S/c1-12-7-10-21-15(12)16(2,19)17(11-18)8-9-20-14-6-4-3-5-13(14)17/h3-7,10,19H,8-9H2,1-2H3. The fourth-order valence-electron chi connectivity index (χ4n) is 3.19. The molecule has 108 valence electrons. The minimum atomic E-state index is -1.25. The molecule has 0 aliphatic carbocycles. The predicted molar refractivity (Wildman–Crippen MR) is 82.5 cm³/mol. The lowest BCUT2D eigenvalue weighted by Gasteiger charge is -2.43. The van der Waals surface area contributed by atoms with Crippen molar-refractivity contribution in [2.24, 2.45) is 0 Å². The molecule has 2 heterocycles. The van der Waals surface area contributed by atoms with E-state index >= 15 is 0 Å². The lowest BCUT2D eigenvalue weighted by Crippen LogP contribution is -2.49. The summed E-state index contributed by atoms with van der Waals surface area (Å²) in [6.45, 7) is 4.15. The summed E-state index contributed by atoms with van der Waals surface area (Å²) in [7, 11) is 0. The molecule has 2 aromatic rings. The highest BCUT2D eigenvalue weighted by atomic mass is 32.1. The van der Waals surface area contributed by atoms with Crippen LogP contribution in [0.5, 0.6) is 5.75 Å². The lowest BCUT2D eigenvalue weighted by molar-refractivity contribution is -0.0180. The van der Waals surface area contributed by atoms with Crippen molar-refractivity contribution in [2.75, 3.05) is 6.61 Å². The zero-order valence-corrected chi connectivity index (χ0v) is 12.9. The number of thiophene rings is 1. The molecule has 0 bridgehead atoms. The fourth-order valence-corrected chi connectivity index (χ4v) is 4.26. The molecule has 0 fully saturated rings. The first-order valence-electron chi connectivity index (χ1n) is 6.93. The van der Waals surface area contributed by atoms with Crippen molar-refractivity contribution in [1.29, 1.82) is 5.26 Å². The number of rotatable bonds is 2. The Kier molecular flexibility index (Phi) is 3.27. The van der Waals surface area contributed by atoms with Gasteiger partial charge >= 0.3 is 0 Å². The summed E-state index contributed by atoms with van der Waals surface area (Å²) in [6.07, 6.45) is 0.477. The minimum Gasteiger partial charge on any atom is -0.493 e. The van der Waals surface area contributed by atoms with Gasteiger partial charge in [0.2, 0.25) is 0 Å². The number of hydrogen-bond acceptors (Lipinski definition) is 4. The summed E-state index contributed by atoms with van der Waals surface area (Å²) < 4.78 is 5.66. The van der Waals surface area contributed by atoms with Crippen molar-refractivity contribution in [3.8, 4) is 11.8 Å². The van der Waals surface area contributed by atoms with Gasteiger partial charge in [-0.15, -0.1) is 11.3 Å².